The number of carboxylic acid groups (broad SMARTS) is 1. The summed E-state index contributed by atoms with van der Waals surface area (Å²) in [6.45, 7) is 17.1. The number of carboxylic acids is 1. The molecule has 1 heterocycles. The monoisotopic (exact) mass is 471 g/mol. The van der Waals surface area contributed by atoms with Crippen LogP contribution in [0.2, 0.25) is 0 Å². The van der Waals surface area contributed by atoms with Gasteiger partial charge in [0, 0.05) is 16.8 Å². The molecule has 0 unspecified atom stereocenters. The molecule has 1 aliphatic heterocycles. The lowest BCUT2D eigenvalue weighted by molar-refractivity contribution is -0.308. The Hall–Kier alpha value is -0.570. The number of carbonyl (C=O) groups excluding carboxylic acids is 1. The summed E-state index contributed by atoms with van der Waals surface area (Å²) in [5.41, 5.74) is 0.481. The highest BCUT2D eigenvalue weighted by molar-refractivity contribution is 5.64. The molecule has 1 spiro atoms. The van der Waals surface area contributed by atoms with Crippen molar-refractivity contribution in [2.75, 3.05) is 0 Å². The predicted octanol–water partition coefficient (Wildman–Crippen LogP) is 6.63. The first kappa shape index (κ1) is 25.1. The normalized spacial score (nSPS) is 49.5. The van der Waals surface area contributed by atoms with E-state index in [4.69, 9.17) is 4.74 Å². The fourth-order valence-corrected chi connectivity index (χ4v) is 11.2. The number of epoxide rings is 1. The molecule has 0 amide bonds. The first-order chi connectivity index (χ1) is 15.9. The van der Waals surface area contributed by atoms with Crippen LogP contribution < -0.4 is 5.11 Å². The molecule has 5 fully saturated rings. The molecule has 0 aromatic heterocycles. The van der Waals surface area contributed by atoms with Crippen LogP contribution in [0, 0.1) is 57.7 Å². The molecule has 194 valence electrons. The molecule has 4 saturated carbocycles. The van der Waals surface area contributed by atoms with Gasteiger partial charge in [-0.25, -0.2) is 0 Å². The van der Waals surface area contributed by atoms with Gasteiger partial charge < -0.3 is 14.6 Å². The van der Waals surface area contributed by atoms with Crippen LogP contribution >= 0.6 is 0 Å². The quantitative estimate of drug-likeness (QED) is 0.392. The van der Waals surface area contributed by atoms with Gasteiger partial charge in [0.2, 0.25) is 0 Å². The van der Waals surface area contributed by atoms with E-state index in [-0.39, 0.29) is 28.8 Å². The van der Waals surface area contributed by atoms with Gasteiger partial charge in [-0.1, -0.05) is 67.7 Å². The Morgan fingerprint density at radius 1 is 0.971 bits per heavy atom. The Morgan fingerprint density at radius 3 is 2.38 bits per heavy atom. The highest BCUT2D eigenvalue weighted by Crippen LogP contribution is 2.78. The highest BCUT2D eigenvalue weighted by atomic mass is 16.6. The van der Waals surface area contributed by atoms with Crippen LogP contribution in [0.4, 0.5) is 0 Å². The van der Waals surface area contributed by atoms with Crippen LogP contribution in [-0.2, 0) is 9.53 Å². The minimum atomic E-state index is -0.892. The van der Waals surface area contributed by atoms with E-state index in [1.807, 2.05) is 0 Å². The van der Waals surface area contributed by atoms with Gasteiger partial charge in [0.15, 0.2) is 0 Å². The van der Waals surface area contributed by atoms with E-state index >= 15 is 0 Å². The molecule has 0 N–H and O–H groups in total. The van der Waals surface area contributed by atoms with Gasteiger partial charge in [-0.2, -0.15) is 0 Å². The van der Waals surface area contributed by atoms with Crippen LogP contribution in [0.25, 0.3) is 0 Å². The summed E-state index contributed by atoms with van der Waals surface area (Å²) in [6.07, 6.45) is 13.6. The highest BCUT2D eigenvalue weighted by Gasteiger charge is 2.81. The van der Waals surface area contributed by atoms with Crippen molar-refractivity contribution < 1.29 is 14.6 Å². The van der Waals surface area contributed by atoms with Crippen LogP contribution in [-0.4, -0.2) is 17.7 Å². The fourth-order valence-electron chi connectivity index (χ4n) is 11.2. The maximum Gasteiger partial charge on any atom is 0.106 e. The van der Waals surface area contributed by atoms with Gasteiger partial charge in [-0.15, -0.1) is 0 Å². The van der Waals surface area contributed by atoms with Gasteiger partial charge in [0.05, 0.1) is 6.10 Å². The number of fused-ring (bicyclic) bond motifs is 4. The van der Waals surface area contributed by atoms with E-state index in [1.54, 1.807) is 0 Å². The maximum absolute atomic E-state index is 11.5. The molecule has 0 radical (unpaired) electrons. The molecule has 1 saturated heterocycles. The largest absolute Gasteiger partial charge is 0.550 e. The number of ether oxygens (including phenoxy) is 1. The minimum absolute atomic E-state index is 0.0976. The van der Waals surface area contributed by atoms with Gasteiger partial charge in [-0.3, -0.25) is 0 Å². The third-order valence-electron chi connectivity index (χ3n) is 12.9. The first-order valence-corrected chi connectivity index (χ1v) is 14.8. The van der Waals surface area contributed by atoms with Crippen molar-refractivity contribution in [2.24, 2.45) is 57.7 Å². The minimum Gasteiger partial charge on any atom is -0.550 e. The Bertz CT molecular complexity index is 802. The van der Waals surface area contributed by atoms with Crippen molar-refractivity contribution in [1.82, 2.24) is 0 Å². The molecule has 5 aliphatic rings. The second-order valence-electron chi connectivity index (χ2n) is 14.9. The van der Waals surface area contributed by atoms with E-state index in [1.165, 1.54) is 51.4 Å². The van der Waals surface area contributed by atoms with Crippen LogP contribution in [0.5, 0.6) is 0 Å². The molecule has 0 aromatic carbocycles. The summed E-state index contributed by atoms with van der Waals surface area (Å²) in [4.78, 5) is 11.5. The van der Waals surface area contributed by atoms with E-state index in [0.29, 0.717) is 11.5 Å². The van der Waals surface area contributed by atoms with Gasteiger partial charge in [-0.05, 0) is 98.2 Å². The summed E-state index contributed by atoms with van der Waals surface area (Å²) in [5.74, 6) is 4.23. The number of aliphatic carboxylic acids is 1. The first-order valence-electron chi connectivity index (χ1n) is 14.8. The maximum atomic E-state index is 11.5. The standard InChI is InChI=1S/C31H52O3/c1-19(2)9-8-10-20(3)23-11-12-24-22-18-26-31(34-26)28(4,5)21(17-27(32)33)13-16-30(31,7)25(22)14-15-29(23,24)6/h19-26H,8-18H2,1-7H3,(H,32,33)/p-1/t20-,21-,22+,23-,24+,25+,26-,29-,30-,31+/m1/s1. The summed E-state index contributed by atoms with van der Waals surface area (Å²) in [6, 6.07) is 0. The van der Waals surface area contributed by atoms with Crippen molar-refractivity contribution in [3.8, 4) is 0 Å². The zero-order valence-electron chi connectivity index (χ0n) is 23.1. The average molecular weight is 472 g/mol. The molecular formula is C31H51O3-. The summed E-state index contributed by atoms with van der Waals surface area (Å²) in [5, 5.41) is 11.5. The van der Waals surface area contributed by atoms with Crippen LogP contribution in [0.3, 0.4) is 0 Å². The Labute approximate surface area is 209 Å². The molecule has 3 heteroatoms. The van der Waals surface area contributed by atoms with Crippen molar-refractivity contribution in [3.63, 3.8) is 0 Å². The van der Waals surface area contributed by atoms with Gasteiger partial charge >= 0.3 is 0 Å². The van der Waals surface area contributed by atoms with E-state index in [2.05, 4.69) is 48.5 Å². The van der Waals surface area contributed by atoms with Crippen molar-refractivity contribution in [2.45, 2.75) is 131 Å². The molecular weight excluding hydrogens is 420 g/mol. The summed E-state index contributed by atoms with van der Waals surface area (Å²) in [7, 11) is 0. The van der Waals surface area contributed by atoms with Crippen molar-refractivity contribution in [3.05, 3.63) is 0 Å². The van der Waals surface area contributed by atoms with Gasteiger partial charge in [0.1, 0.15) is 5.60 Å². The molecule has 10 atom stereocenters. The number of carbonyl (C=O) groups is 1. The van der Waals surface area contributed by atoms with Crippen LogP contribution in [0.15, 0.2) is 0 Å². The Balaban J connectivity index is 1.36. The molecule has 4 aliphatic carbocycles. The van der Waals surface area contributed by atoms with Gasteiger partial charge in [0.25, 0.3) is 0 Å². The smallest absolute Gasteiger partial charge is 0.106 e. The molecule has 3 nitrogen and oxygen atoms in total. The zero-order valence-corrected chi connectivity index (χ0v) is 23.1. The number of hydrogen-bond donors (Lipinski definition) is 0. The predicted molar refractivity (Wildman–Crippen MR) is 135 cm³/mol. The summed E-state index contributed by atoms with van der Waals surface area (Å²) >= 11 is 0. The van der Waals surface area contributed by atoms with E-state index in [9.17, 15) is 9.90 Å². The third kappa shape index (κ3) is 3.33. The van der Waals surface area contributed by atoms with E-state index in [0.717, 1.165) is 48.3 Å². The lowest BCUT2D eigenvalue weighted by Gasteiger charge is -2.63. The second kappa shape index (κ2) is 8.22. The second-order valence-corrected chi connectivity index (χ2v) is 14.9. The lowest BCUT2D eigenvalue weighted by Crippen LogP contribution is -2.64. The van der Waals surface area contributed by atoms with E-state index < -0.39 is 5.97 Å². The van der Waals surface area contributed by atoms with Crippen molar-refractivity contribution in [1.29, 1.82) is 0 Å². The average Bonchev–Trinajstić information content (AvgIpc) is 3.38. The molecule has 0 bridgehead atoms. The third-order valence-corrected chi connectivity index (χ3v) is 12.9. The van der Waals surface area contributed by atoms with Crippen molar-refractivity contribution >= 4 is 5.97 Å². The van der Waals surface area contributed by atoms with Crippen LogP contribution in [0.1, 0.15) is 119 Å². The zero-order chi connectivity index (χ0) is 24.7. The number of rotatable bonds is 7. The Morgan fingerprint density at radius 2 is 1.71 bits per heavy atom. The molecule has 5 rings (SSSR count). The molecule has 0 aromatic rings. The fraction of sp³-hybridized carbons (Fsp3) is 0.968. The lowest BCUT2D eigenvalue weighted by atomic mass is 9.39. The Kier molecular flexibility index (Phi) is 6.07. The SMILES string of the molecule is CC(C)CCC[C@@H](C)[C@H]1CC[C@H]2[C@@H]3C[C@H]4O[C@]45C(C)(C)[C@@H](CC(=O)[O-])CC[C@]5(C)[C@H]3CC[C@]12C. The topological polar surface area (TPSA) is 52.7 Å². The summed E-state index contributed by atoms with van der Waals surface area (Å²) < 4.78 is 6.81. The molecule has 34 heavy (non-hydrogen) atoms. The number of hydrogen-bond acceptors (Lipinski definition) is 3.